The summed E-state index contributed by atoms with van der Waals surface area (Å²) < 4.78 is 0. The average molecular weight is 289 g/mol. The van der Waals surface area contributed by atoms with Gasteiger partial charge in [-0.3, -0.25) is 9.59 Å². The Hall–Kier alpha value is -2.04. The first-order valence-electron chi connectivity index (χ1n) is 7.54. The summed E-state index contributed by atoms with van der Waals surface area (Å²) in [5.74, 6) is -0.149. The number of hydrogen-bond donors (Lipinski definition) is 2. The third-order valence-corrected chi connectivity index (χ3v) is 3.84. The van der Waals surface area contributed by atoms with Gasteiger partial charge in [0, 0.05) is 25.8 Å². The number of hydrogen-bond acceptors (Lipinski definition) is 3. The number of nitrogens with zero attached hydrogens (tertiary/aromatic N) is 1. The van der Waals surface area contributed by atoms with Crippen molar-refractivity contribution < 1.29 is 9.59 Å². The van der Waals surface area contributed by atoms with Crippen LogP contribution >= 0.6 is 0 Å². The molecule has 1 aliphatic heterocycles. The Bertz CT molecular complexity index is 516. The number of likely N-dealkylation sites (N-methyl/N-ethyl adjacent to an activating group) is 1. The van der Waals surface area contributed by atoms with Crippen molar-refractivity contribution in [2.24, 2.45) is 0 Å². The van der Waals surface area contributed by atoms with Crippen molar-refractivity contribution in [1.82, 2.24) is 10.2 Å². The Morgan fingerprint density at radius 2 is 2.05 bits per heavy atom. The Morgan fingerprint density at radius 3 is 2.76 bits per heavy atom. The molecule has 114 valence electrons. The monoisotopic (exact) mass is 289 g/mol. The molecule has 0 spiro atoms. The molecular formula is C16H23N3O2. The first-order valence-corrected chi connectivity index (χ1v) is 7.54. The molecule has 2 rings (SSSR count). The third kappa shape index (κ3) is 3.35. The number of benzene rings is 1. The van der Waals surface area contributed by atoms with Gasteiger partial charge in [0.25, 0.3) is 5.91 Å². The largest absolute Gasteiger partial charge is 0.385 e. The smallest absolute Gasteiger partial charge is 0.256 e. The van der Waals surface area contributed by atoms with E-state index in [0.29, 0.717) is 12.1 Å². The van der Waals surface area contributed by atoms with Crippen molar-refractivity contribution in [3.63, 3.8) is 0 Å². The number of anilines is 1. The summed E-state index contributed by atoms with van der Waals surface area (Å²) in [5.41, 5.74) is 1.46. The van der Waals surface area contributed by atoms with E-state index < -0.39 is 0 Å². The number of likely N-dealkylation sites (tertiary alicyclic amines) is 1. The van der Waals surface area contributed by atoms with Gasteiger partial charge in [0.2, 0.25) is 5.91 Å². The lowest BCUT2D eigenvalue weighted by Crippen LogP contribution is -2.51. The van der Waals surface area contributed by atoms with E-state index in [-0.39, 0.29) is 17.9 Å². The zero-order valence-corrected chi connectivity index (χ0v) is 12.7. The summed E-state index contributed by atoms with van der Waals surface area (Å²) in [6, 6.07) is 7.12. The normalized spacial score (nSPS) is 18.2. The number of para-hydroxylation sites is 1. The van der Waals surface area contributed by atoms with Crippen molar-refractivity contribution >= 4 is 17.5 Å². The molecule has 2 N–H and O–H groups in total. The van der Waals surface area contributed by atoms with E-state index in [1.165, 1.54) is 0 Å². The van der Waals surface area contributed by atoms with Gasteiger partial charge in [-0.25, -0.2) is 0 Å². The van der Waals surface area contributed by atoms with Crippen molar-refractivity contribution in [2.75, 3.05) is 25.5 Å². The standard InChI is InChI=1S/C16H23N3O2/c1-3-18-13-9-5-4-8-12(13)16(21)19-11-7-6-10-14(19)15(20)17-2/h4-5,8-9,14,18H,3,6-7,10-11H2,1-2H3,(H,17,20). The highest BCUT2D eigenvalue weighted by molar-refractivity contribution is 6.01. The molecule has 0 aromatic heterocycles. The van der Waals surface area contributed by atoms with Gasteiger partial charge in [-0.15, -0.1) is 0 Å². The van der Waals surface area contributed by atoms with E-state index in [1.54, 1.807) is 11.9 Å². The molecule has 0 radical (unpaired) electrons. The summed E-state index contributed by atoms with van der Waals surface area (Å²) in [4.78, 5) is 26.5. The maximum absolute atomic E-state index is 12.8. The number of carbonyl (C=O) groups excluding carboxylic acids is 2. The van der Waals surface area contributed by atoms with E-state index in [4.69, 9.17) is 0 Å². The summed E-state index contributed by atoms with van der Waals surface area (Å²) >= 11 is 0. The summed E-state index contributed by atoms with van der Waals surface area (Å²) in [5, 5.41) is 5.87. The van der Waals surface area contributed by atoms with Crippen LogP contribution in [0.1, 0.15) is 36.5 Å². The van der Waals surface area contributed by atoms with Crippen LogP contribution in [0.15, 0.2) is 24.3 Å². The molecule has 0 saturated carbocycles. The molecular weight excluding hydrogens is 266 g/mol. The molecule has 1 aromatic rings. The van der Waals surface area contributed by atoms with E-state index >= 15 is 0 Å². The van der Waals surface area contributed by atoms with Crippen LogP contribution < -0.4 is 10.6 Å². The second-order valence-corrected chi connectivity index (χ2v) is 5.20. The van der Waals surface area contributed by atoms with E-state index in [1.807, 2.05) is 31.2 Å². The van der Waals surface area contributed by atoms with Crippen molar-refractivity contribution in [3.8, 4) is 0 Å². The minimum Gasteiger partial charge on any atom is -0.385 e. The molecule has 1 aromatic carbocycles. The lowest BCUT2D eigenvalue weighted by Gasteiger charge is -2.34. The van der Waals surface area contributed by atoms with Crippen LogP contribution in [0.5, 0.6) is 0 Å². The number of amides is 2. The summed E-state index contributed by atoms with van der Waals surface area (Å²) in [6.45, 7) is 3.38. The third-order valence-electron chi connectivity index (χ3n) is 3.84. The van der Waals surface area contributed by atoms with Gasteiger partial charge in [-0.1, -0.05) is 12.1 Å². The first kappa shape index (κ1) is 15.4. The number of nitrogens with one attached hydrogen (secondary N) is 2. The maximum Gasteiger partial charge on any atom is 0.256 e. The highest BCUT2D eigenvalue weighted by Crippen LogP contribution is 2.23. The first-order chi connectivity index (χ1) is 10.2. The second-order valence-electron chi connectivity index (χ2n) is 5.20. The highest BCUT2D eigenvalue weighted by atomic mass is 16.2. The molecule has 0 aliphatic carbocycles. The van der Waals surface area contributed by atoms with Crippen LogP contribution in [-0.2, 0) is 4.79 Å². The van der Waals surface area contributed by atoms with Crippen LogP contribution in [0.4, 0.5) is 5.69 Å². The summed E-state index contributed by atoms with van der Waals surface area (Å²) in [6.07, 6.45) is 2.66. The van der Waals surface area contributed by atoms with Crippen LogP contribution in [0.2, 0.25) is 0 Å². The topological polar surface area (TPSA) is 61.4 Å². The Morgan fingerprint density at radius 1 is 1.29 bits per heavy atom. The maximum atomic E-state index is 12.8. The zero-order valence-electron chi connectivity index (χ0n) is 12.7. The van der Waals surface area contributed by atoms with Gasteiger partial charge >= 0.3 is 0 Å². The van der Waals surface area contributed by atoms with Crippen LogP contribution in [-0.4, -0.2) is 42.9 Å². The Kier molecular flexibility index (Phi) is 5.20. The zero-order chi connectivity index (χ0) is 15.2. The van der Waals surface area contributed by atoms with Crippen LogP contribution in [0.25, 0.3) is 0 Å². The number of rotatable bonds is 4. The molecule has 1 heterocycles. The van der Waals surface area contributed by atoms with Crippen molar-refractivity contribution in [2.45, 2.75) is 32.2 Å². The fraction of sp³-hybridized carbons (Fsp3) is 0.500. The van der Waals surface area contributed by atoms with Crippen LogP contribution in [0.3, 0.4) is 0 Å². The molecule has 1 fully saturated rings. The lowest BCUT2D eigenvalue weighted by molar-refractivity contribution is -0.126. The molecule has 21 heavy (non-hydrogen) atoms. The van der Waals surface area contributed by atoms with Crippen LogP contribution in [0, 0.1) is 0 Å². The van der Waals surface area contributed by atoms with E-state index in [0.717, 1.165) is 31.5 Å². The minimum absolute atomic E-state index is 0.0696. The molecule has 1 atom stereocenters. The highest BCUT2D eigenvalue weighted by Gasteiger charge is 2.32. The van der Waals surface area contributed by atoms with Gasteiger partial charge in [0.1, 0.15) is 6.04 Å². The van der Waals surface area contributed by atoms with Gasteiger partial charge in [0.15, 0.2) is 0 Å². The molecule has 0 bridgehead atoms. The van der Waals surface area contributed by atoms with Crippen molar-refractivity contribution in [1.29, 1.82) is 0 Å². The number of carbonyl (C=O) groups is 2. The quantitative estimate of drug-likeness (QED) is 0.889. The molecule has 1 aliphatic rings. The molecule has 5 nitrogen and oxygen atoms in total. The molecule has 5 heteroatoms. The SMILES string of the molecule is CCNc1ccccc1C(=O)N1CCCCC1C(=O)NC. The van der Waals surface area contributed by atoms with Gasteiger partial charge in [0.05, 0.1) is 5.56 Å². The predicted octanol–water partition coefficient (Wildman–Crippen LogP) is 1.86. The Balaban J connectivity index is 2.27. The second kappa shape index (κ2) is 7.11. The van der Waals surface area contributed by atoms with E-state index in [2.05, 4.69) is 10.6 Å². The molecule has 2 amide bonds. The lowest BCUT2D eigenvalue weighted by atomic mass is 9.99. The Labute approximate surface area is 125 Å². The van der Waals surface area contributed by atoms with Crippen molar-refractivity contribution in [3.05, 3.63) is 29.8 Å². The fourth-order valence-corrected chi connectivity index (χ4v) is 2.78. The van der Waals surface area contributed by atoms with Gasteiger partial charge < -0.3 is 15.5 Å². The number of piperidine rings is 1. The molecule has 1 unspecified atom stereocenters. The van der Waals surface area contributed by atoms with Gasteiger partial charge in [-0.2, -0.15) is 0 Å². The van der Waals surface area contributed by atoms with Gasteiger partial charge in [-0.05, 0) is 38.3 Å². The predicted molar refractivity (Wildman–Crippen MR) is 83.3 cm³/mol. The fourth-order valence-electron chi connectivity index (χ4n) is 2.78. The molecule has 1 saturated heterocycles. The minimum atomic E-state index is -0.356. The summed E-state index contributed by atoms with van der Waals surface area (Å²) in [7, 11) is 1.62. The average Bonchev–Trinajstić information content (AvgIpc) is 2.54. The van der Waals surface area contributed by atoms with E-state index in [9.17, 15) is 9.59 Å².